The van der Waals surface area contributed by atoms with Crippen LogP contribution in [0.3, 0.4) is 0 Å². The third kappa shape index (κ3) is 5.07. The third-order valence-corrected chi connectivity index (χ3v) is 4.87. The Balaban J connectivity index is 1.34. The van der Waals surface area contributed by atoms with E-state index >= 15 is 0 Å². The second-order valence-electron chi connectivity index (χ2n) is 6.93. The van der Waals surface area contributed by atoms with E-state index in [1.807, 2.05) is 42.5 Å². The van der Waals surface area contributed by atoms with E-state index in [1.165, 1.54) is 0 Å². The number of benzene rings is 2. The van der Waals surface area contributed by atoms with Crippen molar-refractivity contribution in [2.45, 2.75) is 6.42 Å². The van der Waals surface area contributed by atoms with E-state index in [4.69, 9.17) is 9.26 Å². The van der Waals surface area contributed by atoms with Crippen LogP contribution in [-0.4, -0.2) is 60.3 Å². The number of aromatic nitrogens is 2. The van der Waals surface area contributed by atoms with Gasteiger partial charge >= 0.3 is 0 Å². The topological polar surface area (TPSA) is 80.5 Å². The molecule has 7 heteroatoms. The van der Waals surface area contributed by atoms with Crippen LogP contribution in [0.15, 0.2) is 59.1 Å². The first-order valence-electron chi connectivity index (χ1n) is 9.87. The minimum Gasteiger partial charge on any atom is -0.379 e. The molecule has 0 atom stereocenters. The average Bonchev–Trinajstić information content (AvgIpc) is 3.28. The fourth-order valence-corrected chi connectivity index (χ4v) is 3.27. The summed E-state index contributed by atoms with van der Waals surface area (Å²) < 4.78 is 10.7. The average molecular weight is 392 g/mol. The summed E-state index contributed by atoms with van der Waals surface area (Å²) in [7, 11) is 0. The number of amides is 1. The second-order valence-corrected chi connectivity index (χ2v) is 6.93. The molecule has 0 saturated carbocycles. The summed E-state index contributed by atoms with van der Waals surface area (Å²) in [5.74, 6) is 0.820. The minimum atomic E-state index is -0.100. The van der Waals surface area contributed by atoms with E-state index in [0.717, 1.165) is 50.4 Å². The molecule has 1 N–H and O–H groups in total. The molecule has 1 aliphatic rings. The molecule has 1 fully saturated rings. The molecular formula is C22H24N4O3. The third-order valence-electron chi connectivity index (χ3n) is 4.87. The smallest absolute Gasteiger partial charge is 0.258 e. The van der Waals surface area contributed by atoms with Crippen molar-refractivity contribution < 1.29 is 14.1 Å². The predicted octanol–water partition coefficient (Wildman–Crippen LogP) is 2.86. The van der Waals surface area contributed by atoms with Gasteiger partial charge in [0.05, 0.1) is 13.2 Å². The van der Waals surface area contributed by atoms with Crippen molar-refractivity contribution in [1.29, 1.82) is 0 Å². The van der Waals surface area contributed by atoms with Gasteiger partial charge in [-0.15, -0.1) is 0 Å². The Morgan fingerprint density at radius 3 is 2.66 bits per heavy atom. The van der Waals surface area contributed by atoms with Crippen LogP contribution in [0.4, 0.5) is 0 Å². The molecule has 0 bridgehead atoms. The van der Waals surface area contributed by atoms with Crippen molar-refractivity contribution in [2.75, 3.05) is 39.4 Å². The quantitative estimate of drug-likeness (QED) is 0.623. The molecule has 0 spiro atoms. The Kier molecular flexibility index (Phi) is 6.29. The molecule has 1 amide bonds. The van der Waals surface area contributed by atoms with E-state index < -0.39 is 0 Å². The summed E-state index contributed by atoms with van der Waals surface area (Å²) in [6, 6.07) is 16.9. The van der Waals surface area contributed by atoms with Crippen molar-refractivity contribution in [3.05, 3.63) is 60.2 Å². The Hall–Kier alpha value is -3.03. The first-order chi connectivity index (χ1) is 14.3. The van der Waals surface area contributed by atoms with E-state index in [2.05, 4.69) is 20.4 Å². The van der Waals surface area contributed by atoms with Crippen molar-refractivity contribution >= 4 is 5.91 Å². The molecule has 7 nitrogen and oxygen atoms in total. The summed E-state index contributed by atoms with van der Waals surface area (Å²) in [5.41, 5.74) is 2.19. The highest BCUT2D eigenvalue weighted by atomic mass is 16.5. The van der Waals surface area contributed by atoms with Gasteiger partial charge in [-0.1, -0.05) is 41.6 Å². The number of nitrogens with zero attached hydrogens (tertiary/aromatic N) is 3. The predicted molar refractivity (Wildman–Crippen MR) is 109 cm³/mol. The summed E-state index contributed by atoms with van der Waals surface area (Å²) in [5, 5.41) is 7.03. The second kappa shape index (κ2) is 9.45. The SMILES string of the molecule is O=C(NCCCN1CCOCC1)c1cccc(-c2nc(-c3ccccc3)no2)c1. The highest BCUT2D eigenvalue weighted by molar-refractivity contribution is 5.95. The number of nitrogens with one attached hydrogen (secondary N) is 1. The van der Waals surface area contributed by atoms with Crippen LogP contribution in [0.5, 0.6) is 0 Å². The first kappa shape index (κ1) is 19.3. The minimum absolute atomic E-state index is 0.100. The number of carbonyl (C=O) groups is 1. The Bertz CT molecular complexity index is 936. The van der Waals surface area contributed by atoms with Gasteiger partial charge < -0.3 is 14.6 Å². The van der Waals surface area contributed by atoms with Gasteiger partial charge in [0.25, 0.3) is 11.8 Å². The Morgan fingerprint density at radius 2 is 1.83 bits per heavy atom. The summed E-state index contributed by atoms with van der Waals surface area (Å²) >= 11 is 0. The largest absolute Gasteiger partial charge is 0.379 e. The zero-order valence-corrected chi connectivity index (χ0v) is 16.2. The van der Waals surface area contributed by atoms with Crippen LogP contribution in [0, 0.1) is 0 Å². The van der Waals surface area contributed by atoms with E-state index in [0.29, 0.717) is 23.8 Å². The van der Waals surface area contributed by atoms with Crippen molar-refractivity contribution in [3.63, 3.8) is 0 Å². The van der Waals surface area contributed by atoms with Gasteiger partial charge in [0.1, 0.15) is 0 Å². The molecule has 0 aliphatic carbocycles. The lowest BCUT2D eigenvalue weighted by atomic mass is 10.1. The van der Waals surface area contributed by atoms with Crippen LogP contribution in [0.1, 0.15) is 16.8 Å². The standard InChI is InChI=1S/C22H24N4O3/c27-21(23-10-5-11-26-12-14-28-15-13-26)18-8-4-9-19(16-18)22-24-20(25-29-22)17-6-2-1-3-7-17/h1-4,6-9,16H,5,10-15H2,(H,23,27). The van der Waals surface area contributed by atoms with Gasteiger partial charge in [0.15, 0.2) is 0 Å². The van der Waals surface area contributed by atoms with Gasteiger partial charge in [0, 0.05) is 36.3 Å². The molecule has 1 saturated heterocycles. The first-order valence-corrected chi connectivity index (χ1v) is 9.87. The summed E-state index contributed by atoms with van der Waals surface area (Å²) in [6.45, 7) is 5.12. The van der Waals surface area contributed by atoms with Gasteiger partial charge in [-0.05, 0) is 31.2 Å². The maximum absolute atomic E-state index is 12.5. The lowest BCUT2D eigenvalue weighted by Crippen LogP contribution is -2.38. The number of hydrogen-bond donors (Lipinski definition) is 1. The lowest BCUT2D eigenvalue weighted by Gasteiger charge is -2.26. The van der Waals surface area contributed by atoms with Crippen LogP contribution < -0.4 is 5.32 Å². The number of hydrogen-bond acceptors (Lipinski definition) is 6. The van der Waals surface area contributed by atoms with Crippen molar-refractivity contribution in [1.82, 2.24) is 20.4 Å². The number of carbonyl (C=O) groups excluding carboxylic acids is 1. The molecule has 4 rings (SSSR count). The number of rotatable bonds is 7. The Labute approximate surface area is 169 Å². The highest BCUT2D eigenvalue weighted by Crippen LogP contribution is 2.22. The molecule has 0 unspecified atom stereocenters. The molecule has 150 valence electrons. The normalized spacial score (nSPS) is 14.6. The van der Waals surface area contributed by atoms with Crippen LogP contribution >= 0.6 is 0 Å². The van der Waals surface area contributed by atoms with E-state index in [1.54, 1.807) is 12.1 Å². The van der Waals surface area contributed by atoms with E-state index in [-0.39, 0.29) is 5.91 Å². The molecule has 2 heterocycles. The summed E-state index contributed by atoms with van der Waals surface area (Å²) in [6.07, 6.45) is 0.912. The number of ether oxygens (including phenoxy) is 1. The molecule has 1 aromatic heterocycles. The van der Waals surface area contributed by atoms with Gasteiger partial charge in [0.2, 0.25) is 5.82 Å². The Morgan fingerprint density at radius 1 is 1.03 bits per heavy atom. The highest BCUT2D eigenvalue weighted by Gasteiger charge is 2.13. The molecule has 3 aromatic rings. The lowest BCUT2D eigenvalue weighted by molar-refractivity contribution is 0.0374. The monoisotopic (exact) mass is 392 g/mol. The van der Waals surface area contributed by atoms with Gasteiger partial charge in [-0.2, -0.15) is 4.98 Å². The van der Waals surface area contributed by atoms with Crippen LogP contribution in [0.2, 0.25) is 0 Å². The zero-order valence-electron chi connectivity index (χ0n) is 16.2. The molecule has 29 heavy (non-hydrogen) atoms. The maximum Gasteiger partial charge on any atom is 0.258 e. The van der Waals surface area contributed by atoms with Crippen LogP contribution in [0.25, 0.3) is 22.8 Å². The van der Waals surface area contributed by atoms with Gasteiger partial charge in [-0.25, -0.2) is 0 Å². The zero-order chi connectivity index (χ0) is 19.9. The fraction of sp³-hybridized carbons (Fsp3) is 0.318. The van der Waals surface area contributed by atoms with Gasteiger partial charge in [-0.3, -0.25) is 9.69 Å². The summed E-state index contributed by atoms with van der Waals surface area (Å²) in [4.78, 5) is 19.3. The maximum atomic E-state index is 12.5. The molecule has 2 aromatic carbocycles. The fourth-order valence-electron chi connectivity index (χ4n) is 3.27. The molecular weight excluding hydrogens is 368 g/mol. The van der Waals surface area contributed by atoms with Crippen LogP contribution in [-0.2, 0) is 4.74 Å². The number of morpholine rings is 1. The molecule has 0 radical (unpaired) electrons. The van der Waals surface area contributed by atoms with E-state index in [9.17, 15) is 4.79 Å². The molecule has 1 aliphatic heterocycles. The van der Waals surface area contributed by atoms with Crippen molar-refractivity contribution in [2.24, 2.45) is 0 Å². The van der Waals surface area contributed by atoms with Crippen molar-refractivity contribution in [3.8, 4) is 22.8 Å².